The molecule has 3 N–H and O–H groups in total. The van der Waals surface area contributed by atoms with Crippen molar-refractivity contribution in [3.8, 4) is 0 Å². The summed E-state index contributed by atoms with van der Waals surface area (Å²) in [7, 11) is 1.16. The maximum Gasteiger partial charge on any atom is 0.415 e. The predicted octanol–water partition coefficient (Wildman–Crippen LogP) is 1.40. The Morgan fingerprint density at radius 3 is 2.62 bits per heavy atom. The molecule has 0 bridgehead atoms. The van der Waals surface area contributed by atoms with Gasteiger partial charge in [-0.1, -0.05) is 24.9 Å². The molecule has 0 atom stereocenters. The van der Waals surface area contributed by atoms with Gasteiger partial charge in [-0.05, 0) is 12.1 Å². The number of hydrogen-bond donors (Lipinski definition) is 3. The Morgan fingerprint density at radius 1 is 1.44 bits per heavy atom. The van der Waals surface area contributed by atoms with E-state index in [2.05, 4.69) is 17.6 Å². The summed E-state index contributed by atoms with van der Waals surface area (Å²) in [6.07, 6.45) is -0.862. The van der Waals surface area contributed by atoms with Gasteiger partial charge in [0.15, 0.2) is 0 Å². The van der Waals surface area contributed by atoms with E-state index in [-0.39, 0.29) is 0 Å². The van der Waals surface area contributed by atoms with Gasteiger partial charge in [-0.3, -0.25) is 0 Å². The summed E-state index contributed by atoms with van der Waals surface area (Å²) >= 11 is 3.93. The number of ether oxygens (including phenoxy) is 1. The van der Waals surface area contributed by atoms with Crippen LogP contribution in [0.5, 0.6) is 0 Å². The summed E-state index contributed by atoms with van der Waals surface area (Å²) in [5, 5.41) is 1.95. The smallest absolute Gasteiger partial charge is 0.415 e. The number of nitrogens with one attached hydrogen (secondary N) is 1. The van der Waals surface area contributed by atoms with Crippen LogP contribution in [0.1, 0.15) is 0 Å². The lowest BCUT2D eigenvalue weighted by Crippen LogP contribution is -2.38. The first kappa shape index (κ1) is 12.2. The van der Waals surface area contributed by atoms with Crippen molar-refractivity contribution in [1.29, 1.82) is 0 Å². The number of amides is 3. The number of benzene rings is 1. The van der Waals surface area contributed by atoms with Gasteiger partial charge >= 0.3 is 12.1 Å². The van der Waals surface area contributed by atoms with Crippen LogP contribution in [0, 0.1) is 0 Å². The molecule has 0 aliphatic carbocycles. The molecule has 0 fully saturated rings. The van der Waals surface area contributed by atoms with Crippen LogP contribution in [-0.4, -0.2) is 19.2 Å². The van der Waals surface area contributed by atoms with E-state index in [1.807, 2.05) is 5.32 Å². The molecule has 1 aromatic carbocycles. The number of hydrogen-bond acceptors (Lipinski definition) is 5. The van der Waals surface area contributed by atoms with Crippen LogP contribution in [0.15, 0.2) is 24.3 Å². The second kappa shape index (κ2) is 5.26. The normalized spacial score (nSPS) is 9.38. The van der Waals surface area contributed by atoms with Crippen LogP contribution in [-0.2, 0) is 4.74 Å². The lowest BCUT2D eigenvalue weighted by atomic mass is 10.3. The summed E-state index contributed by atoms with van der Waals surface area (Å²) in [5.74, 6) is 0. The summed E-state index contributed by atoms with van der Waals surface area (Å²) in [4.78, 5) is 22.2. The first-order chi connectivity index (χ1) is 7.56. The van der Waals surface area contributed by atoms with Crippen LogP contribution >= 0.6 is 12.8 Å². The van der Waals surface area contributed by atoms with E-state index in [4.69, 9.17) is 5.73 Å². The van der Waals surface area contributed by atoms with Gasteiger partial charge in [0, 0.05) is 0 Å². The first-order valence-electron chi connectivity index (χ1n) is 4.28. The molecule has 7 heteroatoms. The van der Waals surface area contributed by atoms with E-state index >= 15 is 0 Å². The van der Waals surface area contributed by atoms with Crippen molar-refractivity contribution < 1.29 is 14.3 Å². The van der Waals surface area contributed by atoms with Crippen molar-refractivity contribution >= 4 is 36.3 Å². The van der Waals surface area contributed by atoms with Crippen LogP contribution in [0.3, 0.4) is 0 Å². The molecule has 86 valence electrons. The first-order valence-corrected chi connectivity index (χ1v) is 4.68. The minimum absolute atomic E-state index is 0.373. The molecule has 16 heavy (non-hydrogen) atoms. The average molecular weight is 241 g/mol. The minimum atomic E-state index is -0.862. The highest BCUT2D eigenvalue weighted by molar-refractivity contribution is 7.82. The lowest BCUT2D eigenvalue weighted by molar-refractivity contribution is 0.172. The Morgan fingerprint density at radius 2 is 2.06 bits per heavy atom. The largest absolute Gasteiger partial charge is 0.453 e. The number of anilines is 2. The molecule has 0 saturated carbocycles. The number of nitrogens with two attached hydrogens (primary N) is 1. The Kier molecular flexibility index (Phi) is 4.01. The molecular formula is C9H11N3O3S. The Bertz CT molecular complexity index is 411. The van der Waals surface area contributed by atoms with E-state index in [1.165, 1.54) is 0 Å². The number of thiol groups is 1. The second-order valence-electron chi connectivity index (χ2n) is 2.79. The number of alkyl carbamates (subject to hydrolysis) is 1. The van der Waals surface area contributed by atoms with Crippen LogP contribution in [0.4, 0.5) is 21.0 Å². The van der Waals surface area contributed by atoms with E-state index < -0.39 is 12.1 Å². The van der Waals surface area contributed by atoms with Crippen molar-refractivity contribution in [3.63, 3.8) is 0 Å². The molecule has 0 unspecified atom stereocenters. The number of rotatable bonds is 1. The molecule has 0 saturated heterocycles. The van der Waals surface area contributed by atoms with Gasteiger partial charge in [0.1, 0.15) is 0 Å². The number of imide groups is 1. The lowest BCUT2D eigenvalue weighted by Gasteiger charge is -2.16. The summed E-state index contributed by atoms with van der Waals surface area (Å²) in [6, 6.07) is 5.88. The molecule has 3 amide bonds. The summed E-state index contributed by atoms with van der Waals surface area (Å²) in [5.41, 5.74) is 6.39. The molecule has 1 aromatic rings. The fourth-order valence-electron chi connectivity index (χ4n) is 0.981. The quantitative estimate of drug-likeness (QED) is 0.512. The van der Waals surface area contributed by atoms with Crippen molar-refractivity contribution in [1.82, 2.24) is 5.32 Å². The SMILES string of the molecule is COC(=O)NC(=O)N(S)c1ccccc1N. The van der Waals surface area contributed by atoms with Gasteiger partial charge in [-0.15, -0.1) is 0 Å². The number of para-hydroxylation sites is 2. The van der Waals surface area contributed by atoms with E-state index in [0.717, 1.165) is 11.4 Å². The molecule has 0 aliphatic rings. The van der Waals surface area contributed by atoms with Gasteiger partial charge in [-0.2, -0.15) is 0 Å². The summed E-state index contributed by atoms with van der Waals surface area (Å²) < 4.78 is 5.20. The van der Waals surface area contributed by atoms with Crippen molar-refractivity contribution in [2.75, 3.05) is 17.1 Å². The number of nitrogens with zero attached hydrogens (tertiary/aromatic N) is 1. The molecule has 0 heterocycles. The van der Waals surface area contributed by atoms with Crippen molar-refractivity contribution in [2.45, 2.75) is 0 Å². The minimum Gasteiger partial charge on any atom is -0.453 e. The Balaban J connectivity index is 2.78. The zero-order valence-electron chi connectivity index (χ0n) is 8.51. The molecule has 0 radical (unpaired) electrons. The predicted molar refractivity (Wildman–Crippen MR) is 63.3 cm³/mol. The van der Waals surface area contributed by atoms with Gasteiger partial charge in [-0.25, -0.2) is 19.2 Å². The van der Waals surface area contributed by atoms with Crippen LogP contribution < -0.4 is 15.4 Å². The van der Waals surface area contributed by atoms with Gasteiger partial charge in [0.2, 0.25) is 0 Å². The number of methoxy groups -OCH3 is 1. The monoisotopic (exact) mass is 241 g/mol. The number of nitrogen functional groups attached to an aromatic ring is 1. The second-order valence-corrected chi connectivity index (χ2v) is 3.19. The molecule has 0 aliphatic heterocycles. The van der Waals surface area contributed by atoms with Gasteiger partial charge in [0.25, 0.3) is 0 Å². The Hall–Kier alpha value is -1.89. The highest BCUT2D eigenvalue weighted by Gasteiger charge is 2.16. The maximum absolute atomic E-state index is 11.4. The average Bonchev–Trinajstić information content (AvgIpc) is 2.28. The topological polar surface area (TPSA) is 84.7 Å². The van der Waals surface area contributed by atoms with E-state index in [0.29, 0.717) is 11.4 Å². The van der Waals surface area contributed by atoms with Crippen molar-refractivity contribution in [2.24, 2.45) is 0 Å². The maximum atomic E-state index is 11.4. The van der Waals surface area contributed by atoms with E-state index in [9.17, 15) is 9.59 Å². The summed E-state index contributed by atoms with van der Waals surface area (Å²) in [6.45, 7) is 0. The zero-order valence-corrected chi connectivity index (χ0v) is 9.40. The molecule has 1 rings (SSSR count). The zero-order chi connectivity index (χ0) is 12.1. The third kappa shape index (κ3) is 2.80. The molecule has 6 nitrogen and oxygen atoms in total. The highest BCUT2D eigenvalue weighted by Crippen LogP contribution is 2.23. The fraction of sp³-hybridized carbons (Fsp3) is 0.111. The molecule has 0 spiro atoms. The third-order valence-corrected chi connectivity index (χ3v) is 2.15. The molecule has 0 aromatic heterocycles. The van der Waals surface area contributed by atoms with E-state index in [1.54, 1.807) is 24.3 Å². The van der Waals surface area contributed by atoms with Gasteiger partial charge < -0.3 is 10.5 Å². The highest BCUT2D eigenvalue weighted by atomic mass is 32.1. The number of carbonyl (C=O) groups excluding carboxylic acids is 2. The van der Waals surface area contributed by atoms with Crippen LogP contribution in [0.2, 0.25) is 0 Å². The fourth-order valence-corrected chi connectivity index (χ4v) is 1.21. The number of carbonyl (C=O) groups is 2. The third-order valence-electron chi connectivity index (χ3n) is 1.75. The van der Waals surface area contributed by atoms with Crippen molar-refractivity contribution in [3.05, 3.63) is 24.3 Å². The van der Waals surface area contributed by atoms with Gasteiger partial charge in [0.05, 0.1) is 18.5 Å². The molecular weight excluding hydrogens is 230 g/mol. The Labute approximate surface area is 97.9 Å². The standard InChI is InChI=1S/C9H11N3O3S/c1-15-9(14)11-8(13)12(16)7-5-3-2-4-6(7)10/h2-5,16H,10H2,1H3,(H,11,13,14). The number of urea groups is 1. The van der Waals surface area contributed by atoms with Crippen LogP contribution in [0.25, 0.3) is 0 Å².